The number of aromatic nitrogens is 2. The third kappa shape index (κ3) is 3.38. The lowest BCUT2D eigenvalue weighted by atomic mass is 10.3. The van der Waals surface area contributed by atoms with E-state index in [-0.39, 0.29) is 0 Å². The van der Waals surface area contributed by atoms with Gasteiger partial charge in [-0.3, -0.25) is 4.98 Å². The van der Waals surface area contributed by atoms with E-state index >= 15 is 0 Å². The van der Waals surface area contributed by atoms with E-state index in [1.54, 1.807) is 19.5 Å². The second-order valence-electron chi connectivity index (χ2n) is 4.45. The highest BCUT2D eigenvalue weighted by Crippen LogP contribution is 2.24. The van der Waals surface area contributed by atoms with Crippen LogP contribution in [0.5, 0.6) is 5.75 Å². The number of anilines is 3. The van der Waals surface area contributed by atoms with E-state index in [0.29, 0.717) is 0 Å². The smallest absolute Gasteiger partial charge is 0.153 e. The summed E-state index contributed by atoms with van der Waals surface area (Å²) in [5.41, 5.74) is 1.03. The van der Waals surface area contributed by atoms with Crippen molar-refractivity contribution >= 4 is 17.3 Å². The molecule has 0 spiro atoms. The third-order valence-corrected chi connectivity index (χ3v) is 2.98. The topological polar surface area (TPSA) is 50.3 Å². The van der Waals surface area contributed by atoms with Crippen LogP contribution in [0.2, 0.25) is 0 Å². The molecule has 5 heteroatoms. The first kappa shape index (κ1) is 14.1. The lowest BCUT2D eigenvalue weighted by molar-refractivity contribution is 0.415. The molecule has 1 aromatic carbocycles. The molecule has 0 amide bonds. The van der Waals surface area contributed by atoms with Crippen molar-refractivity contribution in [2.45, 2.75) is 13.3 Å². The summed E-state index contributed by atoms with van der Waals surface area (Å²) >= 11 is 0. The van der Waals surface area contributed by atoms with Crippen LogP contribution in [0.3, 0.4) is 0 Å². The first-order valence-corrected chi connectivity index (χ1v) is 6.68. The Morgan fingerprint density at radius 3 is 2.60 bits per heavy atom. The summed E-state index contributed by atoms with van der Waals surface area (Å²) in [6.07, 6.45) is 4.54. The van der Waals surface area contributed by atoms with E-state index in [4.69, 9.17) is 4.74 Å². The van der Waals surface area contributed by atoms with Crippen molar-refractivity contribution in [3.63, 3.8) is 0 Å². The molecule has 1 N–H and O–H groups in total. The van der Waals surface area contributed by atoms with Crippen LogP contribution >= 0.6 is 0 Å². The molecule has 1 heterocycles. The van der Waals surface area contributed by atoms with Crippen LogP contribution in [0.15, 0.2) is 36.7 Å². The highest BCUT2D eigenvalue weighted by atomic mass is 16.5. The first-order valence-electron chi connectivity index (χ1n) is 6.68. The van der Waals surface area contributed by atoms with E-state index < -0.39 is 0 Å². The fraction of sp³-hybridized carbons (Fsp3) is 0.333. The lowest BCUT2D eigenvalue weighted by Gasteiger charge is -2.19. The molecule has 0 aliphatic carbocycles. The zero-order valence-electron chi connectivity index (χ0n) is 12.1. The highest BCUT2D eigenvalue weighted by Gasteiger charge is 2.07. The SMILES string of the molecule is CCCNc1cncc(N(C)c2ccc(OC)cc2)n1. The Hall–Kier alpha value is -2.30. The molecule has 2 aromatic rings. The van der Waals surface area contributed by atoms with Gasteiger partial charge in [0.15, 0.2) is 5.82 Å². The van der Waals surface area contributed by atoms with E-state index in [1.165, 1.54) is 0 Å². The maximum Gasteiger partial charge on any atom is 0.153 e. The minimum atomic E-state index is 0.796. The standard InChI is InChI=1S/C15H20N4O/c1-4-9-17-14-10-16-11-15(18-14)19(2)12-5-7-13(20-3)8-6-12/h5-8,10-11H,4,9H2,1-3H3,(H,17,18). The molecular weight excluding hydrogens is 252 g/mol. The van der Waals surface area contributed by atoms with Gasteiger partial charge in [0, 0.05) is 19.3 Å². The molecule has 0 bridgehead atoms. The fourth-order valence-corrected chi connectivity index (χ4v) is 1.79. The Labute approximate surface area is 119 Å². The number of benzene rings is 1. The van der Waals surface area contributed by atoms with Crippen LogP contribution in [0, 0.1) is 0 Å². The largest absolute Gasteiger partial charge is 0.497 e. The molecule has 1 aromatic heterocycles. The average Bonchev–Trinajstić information content (AvgIpc) is 2.52. The van der Waals surface area contributed by atoms with Gasteiger partial charge in [-0.2, -0.15) is 0 Å². The summed E-state index contributed by atoms with van der Waals surface area (Å²) in [7, 11) is 3.63. The minimum absolute atomic E-state index is 0.796. The average molecular weight is 272 g/mol. The molecule has 0 fully saturated rings. The summed E-state index contributed by atoms with van der Waals surface area (Å²) in [5.74, 6) is 2.44. The van der Waals surface area contributed by atoms with Crippen molar-refractivity contribution in [2.24, 2.45) is 0 Å². The normalized spacial score (nSPS) is 10.2. The van der Waals surface area contributed by atoms with Crippen molar-refractivity contribution < 1.29 is 4.74 Å². The number of methoxy groups -OCH3 is 1. The highest BCUT2D eigenvalue weighted by molar-refractivity contribution is 5.60. The predicted octanol–water partition coefficient (Wildman–Crippen LogP) is 3.08. The van der Waals surface area contributed by atoms with Crippen LogP contribution < -0.4 is 15.0 Å². The van der Waals surface area contributed by atoms with Crippen LogP contribution in [0.1, 0.15) is 13.3 Å². The Morgan fingerprint density at radius 1 is 1.20 bits per heavy atom. The number of nitrogens with one attached hydrogen (secondary N) is 1. The summed E-state index contributed by atoms with van der Waals surface area (Å²) < 4.78 is 5.16. The zero-order valence-corrected chi connectivity index (χ0v) is 12.1. The molecule has 0 aliphatic heterocycles. The van der Waals surface area contributed by atoms with Gasteiger partial charge in [-0.05, 0) is 30.7 Å². The van der Waals surface area contributed by atoms with Crippen LogP contribution in [0.4, 0.5) is 17.3 Å². The Balaban J connectivity index is 2.16. The Morgan fingerprint density at radius 2 is 1.95 bits per heavy atom. The Bertz CT molecular complexity index is 542. The van der Waals surface area contributed by atoms with Crippen LogP contribution in [0.25, 0.3) is 0 Å². The molecule has 2 rings (SSSR count). The third-order valence-electron chi connectivity index (χ3n) is 2.98. The van der Waals surface area contributed by atoms with Crippen molar-refractivity contribution in [1.82, 2.24) is 9.97 Å². The van der Waals surface area contributed by atoms with Gasteiger partial charge in [-0.1, -0.05) is 6.92 Å². The molecule has 0 atom stereocenters. The van der Waals surface area contributed by atoms with Crippen molar-refractivity contribution in [2.75, 3.05) is 30.9 Å². The van der Waals surface area contributed by atoms with Gasteiger partial charge in [0.05, 0.1) is 19.5 Å². The molecule has 0 aliphatic rings. The molecule has 0 unspecified atom stereocenters. The monoisotopic (exact) mass is 272 g/mol. The van der Waals surface area contributed by atoms with Crippen molar-refractivity contribution in [3.05, 3.63) is 36.7 Å². The number of hydrogen-bond donors (Lipinski definition) is 1. The molecule has 106 valence electrons. The van der Waals surface area contributed by atoms with Gasteiger partial charge in [0.2, 0.25) is 0 Å². The van der Waals surface area contributed by atoms with Gasteiger partial charge in [0.1, 0.15) is 11.6 Å². The zero-order chi connectivity index (χ0) is 14.4. The second-order valence-corrected chi connectivity index (χ2v) is 4.45. The van der Waals surface area contributed by atoms with E-state index in [2.05, 4.69) is 22.2 Å². The second kappa shape index (κ2) is 6.75. The molecule has 0 saturated heterocycles. The van der Waals surface area contributed by atoms with Gasteiger partial charge in [-0.25, -0.2) is 4.98 Å². The predicted molar refractivity (Wildman–Crippen MR) is 81.9 cm³/mol. The number of nitrogens with zero attached hydrogens (tertiary/aromatic N) is 3. The van der Waals surface area contributed by atoms with Gasteiger partial charge >= 0.3 is 0 Å². The first-order chi connectivity index (χ1) is 9.74. The molecule has 5 nitrogen and oxygen atoms in total. The number of rotatable bonds is 6. The number of ether oxygens (including phenoxy) is 1. The summed E-state index contributed by atoms with van der Waals surface area (Å²) in [5, 5.41) is 3.24. The quantitative estimate of drug-likeness (QED) is 0.875. The maximum atomic E-state index is 5.16. The maximum absolute atomic E-state index is 5.16. The van der Waals surface area contributed by atoms with Crippen LogP contribution in [-0.4, -0.2) is 30.7 Å². The lowest BCUT2D eigenvalue weighted by Crippen LogP contribution is -2.13. The van der Waals surface area contributed by atoms with E-state index in [1.807, 2.05) is 36.2 Å². The van der Waals surface area contributed by atoms with E-state index in [9.17, 15) is 0 Å². The molecule has 0 saturated carbocycles. The summed E-state index contributed by atoms with van der Waals surface area (Å²) in [6.45, 7) is 3.01. The number of hydrogen-bond acceptors (Lipinski definition) is 5. The van der Waals surface area contributed by atoms with Crippen LogP contribution in [-0.2, 0) is 0 Å². The minimum Gasteiger partial charge on any atom is -0.497 e. The molecule has 20 heavy (non-hydrogen) atoms. The Kier molecular flexibility index (Phi) is 4.76. The van der Waals surface area contributed by atoms with Crippen molar-refractivity contribution in [1.29, 1.82) is 0 Å². The van der Waals surface area contributed by atoms with Gasteiger partial charge in [-0.15, -0.1) is 0 Å². The molecule has 0 radical (unpaired) electrons. The summed E-state index contributed by atoms with van der Waals surface area (Å²) in [6, 6.07) is 7.84. The van der Waals surface area contributed by atoms with Crippen molar-refractivity contribution in [3.8, 4) is 5.75 Å². The fourth-order valence-electron chi connectivity index (χ4n) is 1.79. The summed E-state index contributed by atoms with van der Waals surface area (Å²) in [4.78, 5) is 10.8. The van der Waals surface area contributed by atoms with Gasteiger partial charge < -0.3 is 15.0 Å². The molecular formula is C15H20N4O. The van der Waals surface area contributed by atoms with E-state index in [0.717, 1.165) is 36.0 Å². The van der Waals surface area contributed by atoms with Gasteiger partial charge in [0.25, 0.3) is 0 Å².